The zero-order valence-electron chi connectivity index (χ0n) is 37.6. The van der Waals surface area contributed by atoms with Gasteiger partial charge in [0.15, 0.2) is 0 Å². The Morgan fingerprint density at radius 1 is 0.667 bits per heavy atom. The summed E-state index contributed by atoms with van der Waals surface area (Å²) in [4.78, 5) is 13.8. The lowest BCUT2D eigenvalue weighted by atomic mass is 9.74. The number of fused-ring (bicyclic) bond motifs is 2. The summed E-state index contributed by atoms with van der Waals surface area (Å²) in [6.45, 7) is 6.60. The third kappa shape index (κ3) is 12.1. The molecule has 0 unspecified atom stereocenters. The maximum Gasteiger partial charge on any atom is 0.127 e. The minimum Gasteiger partial charge on any atom is -0.497 e. The summed E-state index contributed by atoms with van der Waals surface area (Å²) in [6, 6.07) is 10.9. The SMILES string of the molecule is COc1ccc2ncc(Cl)c([C@H](F)CCC3(CO)CCN(CC4CCCC4)CC3)c2c1.COc1ccc2ncc(Cl)c([C@H](F)CCC3(CO)CCN(CCC4CCCC4)CC3)c2c1. The van der Waals surface area contributed by atoms with Gasteiger partial charge in [0, 0.05) is 54.1 Å². The van der Waals surface area contributed by atoms with Gasteiger partial charge >= 0.3 is 0 Å². The largest absolute Gasteiger partial charge is 0.497 e. The molecule has 0 amide bonds. The molecule has 2 aliphatic heterocycles. The van der Waals surface area contributed by atoms with Crippen molar-refractivity contribution in [1.82, 2.24) is 19.8 Å². The van der Waals surface area contributed by atoms with E-state index in [0.29, 0.717) is 80.2 Å². The van der Waals surface area contributed by atoms with Crippen molar-refractivity contribution in [2.24, 2.45) is 22.7 Å². The molecule has 8 rings (SSSR count). The highest BCUT2D eigenvalue weighted by Crippen LogP contribution is 2.44. The van der Waals surface area contributed by atoms with Crippen LogP contribution in [-0.4, -0.2) is 96.7 Å². The monoisotopic (exact) mass is 910 g/mol. The number of methoxy groups -OCH3 is 2. The normalized spacial score (nSPS) is 20.8. The molecule has 4 fully saturated rings. The van der Waals surface area contributed by atoms with E-state index in [4.69, 9.17) is 32.7 Å². The number of pyridine rings is 2. The maximum atomic E-state index is 15.5. The number of aliphatic hydroxyl groups excluding tert-OH is 2. The second-order valence-corrected chi connectivity index (χ2v) is 20.2. The Bertz CT molecular complexity index is 2070. The highest BCUT2D eigenvalue weighted by atomic mass is 35.5. The number of halogens is 4. The molecule has 0 bridgehead atoms. The van der Waals surface area contributed by atoms with Crippen LogP contribution in [-0.2, 0) is 0 Å². The van der Waals surface area contributed by atoms with E-state index in [2.05, 4.69) is 19.8 Å². The first-order valence-corrected chi connectivity index (χ1v) is 24.5. The number of benzene rings is 2. The molecule has 2 saturated heterocycles. The number of aliphatic hydroxyl groups is 2. The molecular formula is C51H70Cl2F2N4O4. The summed E-state index contributed by atoms with van der Waals surface area (Å²) in [5.74, 6) is 3.07. The third-order valence-corrected chi connectivity index (χ3v) is 16.0. The standard InChI is InChI=1S/C26H36ClFN2O2.C25H34ClFN2O2/c1-32-20-6-7-24-21(16-20)25(22(27)17-29-24)23(28)8-10-26(18-31)11-14-30(15-12-26)13-9-19-4-2-3-5-19;1-31-19-6-7-23-20(14-19)24(21(26)15-28-23)22(27)8-9-25(17-30)10-12-29(13-11-25)16-18-4-2-3-5-18/h6-7,16-17,19,23,31H,2-5,8-15,18H2,1H3;6-7,14-15,18,22,30H,2-5,8-13,16-17H2,1H3/t23-;22-/m11/s1. The topological polar surface area (TPSA) is 91.2 Å². The van der Waals surface area contributed by atoms with Crippen LogP contribution in [0.3, 0.4) is 0 Å². The molecule has 2 aromatic heterocycles. The number of alkyl halides is 2. The molecule has 8 nitrogen and oxygen atoms in total. The average molecular weight is 912 g/mol. The maximum absolute atomic E-state index is 15.5. The van der Waals surface area contributed by atoms with Crippen LogP contribution < -0.4 is 9.47 Å². The quantitative estimate of drug-likeness (QED) is 0.108. The molecule has 4 heterocycles. The third-order valence-electron chi connectivity index (χ3n) is 15.4. The Hall–Kier alpha value is -2.86. The van der Waals surface area contributed by atoms with Crippen molar-refractivity contribution < 1.29 is 28.5 Å². The number of hydrogen-bond donors (Lipinski definition) is 2. The summed E-state index contributed by atoms with van der Waals surface area (Å²) >= 11 is 12.8. The van der Waals surface area contributed by atoms with Crippen molar-refractivity contribution in [1.29, 1.82) is 0 Å². The molecule has 2 aromatic carbocycles. The molecule has 63 heavy (non-hydrogen) atoms. The Balaban J connectivity index is 0.000000189. The van der Waals surface area contributed by atoms with Crippen molar-refractivity contribution in [3.8, 4) is 11.5 Å². The Morgan fingerprint density at radius 3 is 1.52 bits per heavy atom. The fourth-order valence-corrected chi connectivity index (χ4v) is 11.6. The van der Waals surface area contributed by atoms with Gasteiger partial charge in [0.2, 0.25) is 0 Å². The van der Waals surface area contributed by atoms with Crippen molar-refractivity contribution in [3.63, 3.8) is 0 Å². The van der Waals surface area contributed by atoms with Crippen LogP contribution in [0.5, 0.6) is 11.5 Å². The number of piperidine rings is 2. The molecule has 4 aliphatic rings. The molecule has 2 aliphatic carbocycles. The lowest BCUT2D eigenvalue weighted by Crippen LogP contribution is -2.43. The van der Waals surface area contributed by atoms with E-state index in [1.807, 2.05) is 24.3 Å². The Morgan fingerprint density at radius 2 is 1.10 bits per heavy atom. The average Bonchev–Trinajstić information content (AvgIpc) is 4.05. The van der Waals surface area contributed by atoms with Gasteiger partial charge in [-0.05, 0) is 162 Å². The summed E-state index contributed by atoms with van der Waals surface area (Å²) in [5, 5.41) is 22.5. The first-order chi connectivity index (χ1) is 30.6. The first kappa shape index (κ1) is 48.1. The van der Waals surface area contributed by atoms with Crippen LogP contribution in [0.1, 0.15) is 133 Å². The number of rotatable bonds is 17. The van der Waals surface area contributed by atoms with E-state index in [1.54, 1.807) is 26.4 Å². The van der Waals surface area contributed by atoms with Crippen molar-refractivity contribution in [3.05, 3.63) is 70.0 Å². The fraction of sp³-hybridized carbons (Fsp3) is 0.647. The molecule has 0 spiro atoms. The van der Waals surface area contributed by atoms with E-state index in [9.17, 15) is 10.2 Å². The van der Waals surface area contributed by atoms with Crippen molar-refractivity contribution in [2.45, 2.75) is 121 Å². The minimum absolute atomic E-state index is 0.120. The van der Waals surface area contributed by atoms with Gasteiger partial charge in [0.25, 0.3) is 0 Å². The number of aromatic nitrogens is 2. The molecular weight excluding hydrogens is 841 g/mol. The molecule has 2 saturated carbocycles. The van der Waals surface area contributed by atoms with E-state index in [1.165, 1.54) is 83.3 Å². The molecule has 0 radical (unpaired) electrons. The van der Waals surface area contributed by atoms with Crippen molar-refractivity contribution >= 4 is 45.0 Å². The summed E-state index contributed by atoms with van der Waals surface area (Å²) < 4.78 is 41.7. The molecule has 2 atom stereocenters. The summed E-state index contributed by atoms with van der Waals surface area (Å²) in [5.41, 5.74) is 2.00. The van der Waals surface area contributed by atoms with E-state index < -0.39 is 12.3 Å². The van der Waals surface area contributed by atoms with E-state index >= 15 is 8.78 Å². The molecule has 12 heteroatoms. The van der Waals surface area contributed by atoms with Gasteiger partial charge in [-0.1, -0.05) is 61.7 Å². The molecule has 2 N–H and O–H groups in total. The smallest absolute Gasteiger partial charge is 0.127 e. The van der Waals surface area contributed by atoms with Crippen LogP contribution >= 0.6 is 23.2 Å². The van der Waals surface area contributed by atoms with Gasteiger partial charge in [-0.2, -0.15) is 0 Å². The van der Waals surface area contributed by atoms with Crippen LogP contribution in [0, 0.1) is 22.7 Å². The number of nitrogens with zero attached hydrogens (tertiary/aromatic N) is 4. The number of hydrogen-bond acceptors (Lipinski definition) is 8. The molecule has 346 valence electrons. The predicted octanol–water partition coefficient (Wildman–Crippen LogP) is 12.3. The van der Waals surface area contributed by atoms with Gasteiger partial charge in [-0.15, -0.1) is 0 Å². The van der Waals surface area contributed by atoms with Crippen LogP contribution in [0.2, 0.25) is 10.0 Å². The zero-order chi connectivity index (χ0) is 44.4. The van der Waals surface area contributed by atoms with Crippen LogP contribution in [0.25, 0.3) is 21.8 Å². The van der Waals surface area contributed by atoms with Gasteiger partial charge in [0.1, 0.15) is 23.8 Å². The van der Waals surface area contributed by atoms with Crippen LogP contribution in [0.4, 0.5) is 8.78 Å². The number of likely N-dealkylation sites (tertiary alicyclic amines) is 2. The Labute approximate surface area is 384 Å². The first-order valence-electron chi connectivity index (χ1n) is 23.8. The lowest BCUT2D eigenvalue weighted by molar-refractivity contribution is 0.0257. The summed E-state index contributed by atoms with van der Waals surface area (Å²) in [7, 11) is 3.19. The second kappa shape index (κ2) is 22.6. The predicted molar refractivity (Wildman–Crippen MR) is 252 cm³/mol. The highest BCUT2D eigenvalue weighted by molar-refractivity contribution is 6.32. The van der Waals surface area contributed by atoms with E-state index in [-0.39, 0.29) is 24.0 Å². The lowest BCUT2D eigenvalue weighted by Gasteiger charge is -2.42. The van der Waals surface area contributed by atoms with Gasteiger partial charge in [-0.25, -0.2) is 8.78 Å². The van der Waals surface area contributed by atoms with Gasteiger partial charge in [0.05, 0.1) is 35.3 Å². The highest BCUT2D eigenvalue weighted by Gasteiger charge is 2.37. The second-order valence-electron chi connectivity index (χ2n) is 19.4. The summed E-state index contributed by atoms with van der Waals surface area (Å²) in [6.07, 6.45) is 18.7. The Kier molecular flexibility index (Phi) is 17.2. The minimum atomic E-state index is -1.20. The number of ether oxygens (including phenoxy) is 2. The fourth-order valence-electron chi connectivity index (χ4n) is 11.0. The van der Waals surface area contributed by atoms with Gasteiger partial charge in [-0.3, -0.25) is 9.97 Å². The molecule has 4 aromatic rings. The van der Waals surface area contributed by atoms with Crippen LogP contribution in [0.15, 0.2) is 48.8 Å². The van der Waals surface area contributed by atoms with Crippen molar-refractivity contribution in [2.75, 3.05) is 66.7 Å². The van der Waals surface area contributed by atoms with Gasteiger partial charge < -0.3 is 29.5 Å². The van der Waals surface area contributed by atoms with E-state index in [0.717, 1.165) is 63.7 Å². The zero-order valence-corrected chi connectivity index (χ0v) is 39.1.